The number of fused-ring (bicyclic) bond motifs is 8. The van der Waals surface area contributed by atoms with Gasteiger partial charge < -0.3 is 0 Å². The van der Waals surface area contributed by atoms with Gasteiger partial charge in [0.15, 0.2) is 46.5 Å². The summed E-state index contributed by atoms with van der Waals surface area (Å²) in [5.74, 6) is -10.1. The third-order valence-corrected chi connectivity index (χ3v) is 8.40. The van der Waals surface area contributed by atoms with Crippen molar-refractivity contribution in [1.82, 2.24) is 0 Å². The minimum absolute atomic E-state index is 0.0758. The van der Waals surface area contributed by atoms with Crippen LogP contribution in [0.15, 0.2) is 0 Å². The lowest BCUT2D eigenvalue weighted by Crippen LogP contribution is -2.14. The average Bonchev–Trinajstić information content (AvgIpc) is 2.92. The summed E-state index contributed by atoms with van der Waals surface area (Å²) in [7, 11) is 0. The molecule has 4 aromatic rings. The Labute approximate surface area is 226 Å². The molecule has 0 heterocycles. The maximum absolute atomic E-state index is 15.4. The van der Waals surface area contributed by atoms with Gasteiger partial charge in [0.05, 0.1) is 0 Å². The van der Waals surface area contributed by atoms with Crippen LogP contribution in [-0.2, 0) is 0 Å². The van der Waals surface area contributed by atoms with Gasteiger partial charge in [0.25, 0.3) is 0 Å². The predicted octanol–water partition coefficient (Wildman–Crippen LogP) is 10.2. The lowest BCUT2D eigenvalue weighted by Gasteiger charge is -2.32. The molecule has 8 heteroatoms. The van der Waals surface area contributed by atoms with E-state index in [4.69, 9.17) is 0 Å². The monoisotopic (exact) mass is 560 g/mol. The fourth-order valence-electron chi connectivity index (χ4n) is 6.19. The molecule has 0 N–H and O–H groups in total. The second kappa shape index (κ2) is 8.91. The SMILES string of the molecule is Cc1c(F)c(F)c(C)c2c1-c1c(C)c(F)c(F)c(C)c1-c1c(C)c(F)c(F)c(C)c1-c1c(C)c(F)c(F)c(C)c1-2. The normalized spacial score (nSPS) is 12.0. The molecule has 0 nitrogen and oxygen atoms in total. The molecular weight excluding hydrogens is 536 g/mol. The molecular formula is C32H24F8. The van der Waals surface area contributed by atoms with Crippen LogP contribution in [0, 0.1) is 102 Å². The van der Waals surface area contributed by atoms with Crippen LogP contribution in [0.3, 0.4) is 0 Å². The van der Waals surface area contributed by atoms with Crippen LogP contribution in [0.5, 0.6) is 0 Å². The summed E-state index contributed by atoms with van der Waals surface area (Å²) in [6.07, 6.45) is 0. The van der Waals surface area contributed by atoms with Gasteiger partial charge in [-0.2, -0.15) is 0 Å². The van der Waals surface area contributed by atoms with Crippen LogP contribution >= 0.6 is 0 Å². The Morgan fingerprint density at radius 2 is 0.275 bits per heavy atom. The van der Waals surface area contributed by atoms with Crippen molar-refractivity contribution < 1.29 is 35.1 Å². The van der Waals surface area contributed by atoms with Crippen molar-refractivity contribution >= 4 is 0 Å². The summed E-state index contributed by atoms with van der Waals surface area (Å²) in [4.78, 5) is 0. The summed E-state index contributed by atoms with van der Waals surface area (Å²) in [6.45, 7) is 9.92. The zero-order valence-electron chi connectivity index (χ0n) is 23.0. The van der Waals surface area contributed by atoms with Gasteiger partial charge in [0.1, 0.15) is 0 Å². The van der Waals surface area contributed by atoms with Gasteiger partial charge in [-0.3, -0.25) is 0 Å². The van der Waals surface area contributed by atoms with E-state index >= 15 is 35.1 Å². The molecule has 40 heavy (non-hydrogen) atoms. The second-order valence-electron chi connectivity index (χ2n) is 10.5. The molecule has 0 bridgehead atoms. The molecule has 0 radical (unpaired) electrons. The Hall–Kier alpha value is -3.68. The summed E-state index contributed by atoms with van der Waals surface area (Å²) in [6, 6.07) is 0. The van der Waals surface area contributed by atoms with E-state index in [1.807, 2.05) is 0 Å². The van der Waals surface area contributed by atoms with E-state index in [0.717, 1.165) is 0 Å². The summed E-state index contributed by atoms with van der Waals surface area (Å²) < 4.78 is 123. The molecule has 0 aromatic heterocycles. The third kappa shape index (κ3) is 3.25. The van der Waals surface area contributed by atoms with Gasteiger partial charge in [-0.1, -0.05) is 0 Å². The van der Waals surface area contributed by atoms with E-state index in [2.05, 4.69) is 0 Å². The Morgan fingerprint density at radius 3 is 0.350 bits per heavy atom. The van der Waals surface area contributed by atoms with E-state index in [0.29, 0.717) is 0 Å². The Morgan fingerprint density at radius 1 is 0.200 bits per heavy atom. The molecule has 4 aromatic carbocycles. The fourth-order valence-corrected chi connectivity index (χ4v) is 6.19. The maximum Gasteiger partial charge on any atom is 0.162 e. The number of hydrogen-bond acceptors (Lipinski definition) is 0. The smallest absolute Gasteiger partial charge is 0.162 e. The summed E-state index contributed by atoms with van der Waals surface area (Å²) in [5, 5.41) is 0. The van der Waals surface area contributed by atoms with Crippen LogP contribution in [0.4, 0.5) is 35.1 Å². The summed E-state index contributed by atoms with van der Waals surface area (Å²) >= 11 is 0. The Balaban J connectivity index is 2.32. The first-order valence-corrected chi connectivity index (χ1v) is 12.5. The van der Waals surface area contributed by atoms with Crippen molar-refractivity contribution in [2.45, 2.75) is 55.4 Å². The van der Waals surface area contributed by atoms with Crippen molar-refractivity contribution in [1.29, 1.82) is 0 Å². The predicted molar refractivity (Wildman–Crippen MR) is 139 cm³/mol. The van der Waals surface area contributed by atoms with E-state index in [-0.39, 0.29) is 89.0 Å². The van der Waals surface area contributed by atoms with Crippen molar-refractivity contribution in [3.05, 3.63) is 91.0 Å². The topological polar surface area (TPSA) is 0 Å². The minimum Gasteiger partial charge on any atom is -0.203 e. The number of halogens is 8. The van der Waals surface area contributed by atoms with Crippen molar-refractivity contribution in [2.75, 3.05) is 0 Å². The van der Waals surface area contributed by atoms with Crippen LogP contribution < -0.4 is 0 Å². The molecule has 0 atom stereocenters. The van der Waals surface area contributed by atoms with Crippen molar-refractivity contribution in [2.24, 2.45) is 0 Å². The zero-order chi connectivity index (χ0) is 29.9. The molecule has 0 amide bonds. The van der Waals surface area contributed by atoms with E-state index < -0.39 is 46.5 Å². The second-order valence-corrected chi connectivity index (χ2v) is 10.5. The van der Waals surface area contributed by atoms with Gasteiger partial charge in [-0.15, -0.1) is 0 Å². The number of hydrogen-bond donors (Lipinski definition) is 0. The molecule has 208 valence electrons. The molecule has 0 saturated carbocycles. The van der Waals surface area contributed by atoms with Crippen LogP contribution in [0.1, 0.15) is 44.5 Å². The highest BCUT2D eigenvalue weighted by atomic mass is 19.2. The lowest BCUT2D eigenvalue weighted by atomic mass is 9.71. The molecule has 0 aliphatic heterocycles. The van der Waals surface area contributed by atoms with Gasteiger partial charge in [0.2, 0.25) is 0 Å². The quantitative estimate of drug-likeness (QED) is 0.165. The van der Waals surface area contributed by atoms with E-state index in [9.17, 15) is 0 Å². The van der Waals surface area contributed by atoms with Gasteiger partial charge >= 0.3 is 0 Å². The standard InChI is InChI=1S/C32H24F8/c1-9-17-18(10(2)26(34)25(9)33)20-12(4)29(37)30(38)14(6)22(20)24-16(8)32(40)31(39)15(7)23(24)21-13(5)28(36)27(35)11(3)19(17)21/h1-8H3. The van der Waals surface area contributed by atoms with Crippen molar-refractivity contribution in [3.63, 3.8) is 0 Å². The first-order chi connectivity index (χ1) is 18.6. The van der Waals surface area contributed by atoms with E-state index in [1.165, 1.54) is 55.4 Å². The van der Waals surface area contributed by atoms with Crippen LogP contribution in [0.2, 0.25) is 0 Å². The first kappa shape index (κ1) is 27.9. The fraction of sp³-hybridized carbons (Fsp3) is 0.250. The van der Waals surface area contributed by atoms with Gasteiger partial charge in [0, 0.05) is 0 Å². The van der Waals surface area contributed by atoms with Crippen LogP contribution in [0.25, 0.3) is 44.5 Å². The lowest BCUT2D eigenvalue weighted by molar-refractivity contribution is 0.494. The summed E-state index contributed by atoms with van der Waals surface area (Å²) in [5.41, 5.74) is -2.93. The van der Waals surface area contributed by atoms with E-state index in [1.54, 1.807) is 0 Å². The highest BCUT2D eigenvalue weighted by Crippen LogP contribution is 2.57. The van der Waals surface area contributed by atoms with Crippen LogP contribution in [-0.4, -0.2) is 0 Å². The number of rotatable bonds is 0. The molecule has 1 aliphatic carbocycles. The first-order valence-electron chi connectivity index (χ1n) is 12.5. The highest BCUT2D eigenvalue weighted by Gasteiger charge is 2.38. The van der Waals surface area contributed by atoms with Crippen molar-refractivity contribution in [3.8, 4) is 44.5 Å². The maximum atomic E-state index is 15.4. The Bertz CT molecular complexity index is 1420. The largest absolute Gasteiger partial charge is 0.203 e. The van der Waals surface area contributed by atoms with Gasteiger partial charge in [-0.05, 0) is 144 Å². The Kier molecular flexibility index (Phi) is 6.21. The minimum atomic E-state index is -1.26. The number of benzene rings is 4. The average molecular weight is 561 g/mol. The third-order valence-electron chi connectivity index (χ3n) is 8.40. The molecule has 5 rings (SSSR count). The molecule has 0 fully saturated rings. The molecule has 1 aliphatic rings. The highest BCUT2D eigenvalue weighted by molar-refractivity contribution is 6.09. The molecule has 0 saturated heterocycles. The van der Waals surface area contributed by atoms with Gasteiger partial charge in [-0.25, -0.2) is 35.1 Å². The molecule has 0 spiro atoms. The zero-order valence-corrected chi connectivity index (χ0v) is 23.0. The molecule has 0 unspecified atom stereocenters.